The highest BCUT2D eigenvalue weighted by molar-refractivity contribution is 6.04. The Morgan fingerprint density at radius 1 is 1.24 bits per heavy atom. The van der Waals surface area contributed by atoms with Gasteiger partial charge < -0.3 is 15.4 Å². The molecule has 0 bridgehead atoms. The zero-order valence-electron chi connectivity index (χ0n) is 27.2. The molecular formula is C36H36F2N6O. The van der Waals surface area contributed by atoms with Gasteiger partial charge in [0.1, 0.15) is 24.4 Å². The summed E-state index contributed by atoms with van der Waals surface area (Å²) in [5.74, 6) is 2.37. The number of alkyl halides is 1. The number of nitrogens with two attached hydrogens (primary N) is 1. The van der Waals surface area contributed by atoms with Crippen molar-refractivity contribution in [2.45, 2.75) is 63.2 Å². The monoisotopic (exact) mass is 608 g/mol. The van der Waals surface area contributed by atoms with E-state index in [-0.39, 0.29) is 23.5 Å². The van der Waals surface area contributed by atoms with Crippen molar-refractivity contribution in [1.82, 2.24) is 19.9 Å². The molecule has 2 aromatic carbocycles. The zero-order chi connectivity index (χ0) is 32.8. The van der Waals surface area contributed by atoms with Crippen LogP contribution in [0.15, 0.2) is 42.6 Å². The predicted octanol–water partition coefficient (Wildman–Crippen LogP) is 6.36. The van der Waals surface area contributed by atoms with Gasteiger partial charge in [0, 0.05) is 47.4 Å². The molecule has 4 atom stereocenters. The van der Waals surface area contributed by atoms with Gasteiger partial charge in [-0.05, 0) is 69.2 Å². The minimum absolute atomic E-state index is 0.0715. The Bertz CT molecular complexity index is 2030. The molecular weight excluding hydrogens is 570 g/mol. The van der Waals surface area contributed by atoms with E-state index in [1.807, 2.05) is 11.8 Å². The molecule has 1 aliphatic carbocycles. The van der Waals surface area contributed by atoms with E-state index in [4.69, 9.17) is 31.8 Å². The van der Waals surface area contributed by atoms with E-state index < -0.39 is 24.1 Å². The molecule has 7 nitrogen and oxygen atoms in total. The van der Waals surface area contributed by atoms with Crippen molar-refractivity contribution < 1.29 is 16.3 Å². The molecule has 0 radical (unpaired) electrons. The number of halogens is 2. The van der Waals surface area contributed by atoms with Gasteiger partial charge in [0.25, 0.3) is 0 Å². The van der Waals surface area contributed by atoms with E-state index in [2.05, 4.69) is 17.4 Å². The molecule has 2 N–H and O–H groups in total. The third-order valence-corrected chi connectivity index (χ3v) is 10.2. The highest BCUT2D eigenvalue weighted by Gasteiger charge is 2.55. The minimum Gasteiger partial charge on any atom is -0.461 e. The van der Waals surface area contributed by atoms with Crippen LogP contribution in [-0.4, -0.2) is 63.8 Å². The second kappa shape index (κ2) is 10.4. The third kappa shape index (κ3) is 4.45. The summed E-state index contributed by atoms with van der Waals surface area (Å²) in [5, 5.41) is 1.78. The van der Waals surface area contributed by atoms with Gasteiger partial charge in [-0.15, -0.1) is 6.42 Å². The highest BCUT2D eigenvalue weighted by atomic mass is 19.1. The molecule has 5 heterocycles. The first-order chi connectivity index (χ1) is 22.5. The summed E-state index contributed by atoms with van der Waals surface area (Å²) in [6.07, 6.45) is 11.1. The maximum absolute atomic E-state index is 15.1. The number of hydrogen-bond acceptors (Lipinski definition) is 7. The van der Waals surface area contributed by atoms with E-state index in [9.17, 15) is 7.13 Å². The van der Waals surface area contributed by atoms with Crippen molar-refractivity contribution in [2.24, 2.45) is 5.92 Å². The van der Waals surface area contributed by atoms with Crippen molar-refractivity contribution in [3.05, 3.63) is 59.6 Å². The first kappa shape index (κ1) is 26.0. The number of benzene rings is 2. The Morgan fingerprint density at radius 2 is 2.11 bits per heavy atom. The van der Waals surface area contributed by atoms with Crippen LogP contribution in [0.2, 0.25) is 0 Å². The number of ether oxygens (including phenoxy) is 1. The van der Waals surface area contributed by atoms with Gasteiger partial charge in [-0.2, -0.15) is 9.97 Å². The average molecular weight is 609 g/mol. The fourth-order valence-corrected chi connectivity index (χ4v) is 8.01. The lowest BCUT2D eigenvalue weighted by atomic mass is 9.94. The Kier molecular flexibility index (Phi) is 5.99. The lowest BCUT2D eigenvalue weighted by Crippen LogP contribution is -2.43. The van der Waals surface area contributed by atoms with Crippen LogP contribution in [0.1, 0.15) is 52.4 Å². The van der Waals surface area contributed by atoms with Crippen LogP contribution >= 0.6 is 0 Å². The van der Waals surface area contributed by atoms with Gasteiger partial charge in [-0.25, -0.2) is 8.78 Å². The Labute approximate surface area is 264 Å². The number of aryl methyl sites for hydroxylation is 1. The van der Waals surface area contributed by atoms with Crippen molar-refractivity contribution in [3.63, 3.8) is 0 Å². The molecule has 45 heavy (non-hydrogen) atoms. The largest absolute Gasteiger partial charge is 0.461 e. The summed E-state index contributed by atoms with van der Waals surface area (Å²) in [6.45, 7) is 5.87. The van der Waals surface area contributed by atoms with Crippen LogP contribution in [0.4, 0.5) is 20.3 Å². The maximum Gasteiger partial charge on any atom is 0.319 e. The summed E-state index contributed by atoms with van der Waals surface area (Å²) in [4.78, 5) is 18.6. The van der Waals surface area contributed by atoms with E-state index in [0.29, 0.717) is 75.9 Å². The van der Waals surface area contributed by atoms with Crippen LogP contribution in [0.5, 0.6) is 6.01 Å². The molecule has 0 spiro atoms. The molecule has 1 saturated carbocycles. The number of aromatic nitrogens is 3. The first-order valence-electron chi connectivity index (χ1n) is 16.7. The molecule has 2 aromatic heterocycles. The molecule has 230 valence electrons. The molecule has 4 aromatic rings. The standard InChI is InChI=1S/C36H36F2N6O/c1-4-24-28(37)10-9-22-14-23(39)15-26(29(22)24)31-21(3)32-27(17-40-31)34(44-13-6-5-8-25-30(38)33(25)44)42-35(41-32)45-19-36-11-7-12-43(36)18-20(2)16-36/h1,9-10,14-15,17,25,30,33H,2,5-8,11-13,16,18-19,39H2,3H3/t25-,30-,33-,36-/m0/s1/i19D2. The molecule has 0 amide bonds. The number of fused-ring (bicyclic) bond motifs is 4. The number of rotatable bonds is 5. The average Bonchev–Trinajstić information content (AvgIpc) is 3.39. The van der Waals surface area contributed by atoms with Crippen LogP contribution in [0.25, 0.3) is 32.9 Å². The van der Waals surface area contributed by atoms with Gasteiger partial charge in [-0.1, -0.05) is 30.6 Å². The normalized spacial score (nSPS) is 27.1. The first-order valence-corrected chi connectivity index (χ1v) is 15.7. The molecule has 9 heteroatoms. The van der Waals surface area contributed by atoms with E-state index >= 15 is 4.39 Å². The van der Waals surface area contributed by atoms with E-state index in [0.717, 1.165) is 37.8 Å². The molecule has 3 saturated heterocycles. The number of hydrogen-bond donors (Lipinski definition) is 1. The van der Waals surface area contributed by atoms with E-state index in [1.165, 1.54) is 6.07 Å². The van der Waals surface area contributed by atoms with Crippen LogP contribution in [0, 0.1) is 31.0 Å². The number of terminal acetylenes is 1. The summed E-state index contributed by atoms with van der Waals surface area (Å²) in [7, 11) is 0. The second-order valence-corrected chi connectivity index (χ2v) is 13.0. The van der Waals surface area contributed by atoms with Crippen LogP contribution in [-0.2, 0) is 0 Å². The molecule has 4 aliphatic rings. The van der Waals surface area contributed by atoms with Crippen molar-refractivity contribution in [3.8, 4) is 29.6 Å². The second-order valence-electron chi connectivity index (χ2n) is 13.0. The number of nitrogen functional groups attached to an aromatic ring is 1. The van der Waals surface area contributed by atoms with Gasteiger partial charge in [-0.3, -0.25) is 9.88 Å². The van der Waals surface area contributed by atoms with Crippen molar-refractivity contribution in [2.75, 3.05) is 36.8 Å². The molecule has 8 rings (SSSR count). The zero-order valence-corrected chi connectivity index (χ0v) is 25.2. The number of nitrogens with zero attached hydrogens (tertiary/aromatic N) is 5. The highest BCUT2D eigenvalue weighted by Crippen LogP contribution is 2.48. The Balaban J connectivity index is 1.33. The maximum atomic E-state index is 15.1. The van der Waals surface area contributed by atoms with Gasteiger partial charge in [0.15, 0.2) is 0 Å². The Hall–Kier alpha value is -4.29. The van der Waals surface area contributed by atoms with Crippen molar-refractivity contribution in [1.29, 1.82) is 0 Å². The quantitative estimate of drug-likeness (QED) is 0.161. The van der Waals surface area contributed by atoms with E-state index in [1.54, 1.807) is 24.4 Å². The minimum atomic E-state index is -2.13. The van der Waals surface area contributed by atoms with Gasteiger partial charge in [0.05, 0.1) is 36.5 Å². The smallest absolute Gasteiger partial charge is 0.319 e. The molecule has 4 fully saturated rings. The number of pyridine rings is 1. The van der Waals surface area contributed by atoms with Crippen LogP contribution in [0.3, 0.4) is 0 Å². The third-order valence-electron chi connectivity index (χ3n) is 10.2. The lowest BCUT2D eigenvalue weighted by molar-refractivity contribution is 0.108. The van der Waals surface area contributed by atoms with Crippen molar-refractivity contribution >= 4 is 33.2 Å². The predicted molar refractivity (Wildman–Crippen MR) is 173 cm³/mol. The SMILES string of the molecule is [2H]C([2H])(Oc1nc(N2CCCC[C@H]3[C@H](F)[C@H]32)c2cnc(-c3cc(N)cc4ccc(F)c(C#C)c34)c(C)c2n1)[C@@]12CCCN1CC(=C)C2. The topological polar surface area (TPSA) is 80.4 Å². The number of anilines is 2. The van der Waals surface area contributed by atoms with Gasteiger partial charge in [0.2, 0.25) is 0 Å². The summed E-state index contributed by atoms with van der Waals surface area (Å²) in [6, 6.07) is 5.99. The fourth-order valence-electron chi connectivity index (χ4n) is 8.01. The summed E-state index contributed by atoms with van der Waals surface area (Å²) >= 11 is 0. The van der Waals surface area contributed by atoms with Crippen LogP contribution < -0.4 is 15.4 Å². The summed E-state index contributed by atoms with van der Waals surface area (Å²) < 4.78 is 54.8. The lowest BCUT2D eigenvalue weighted by Gasteiger charge is -2.31. The molecule has 3 aliphatic heterocycles. The molecule has 0 unspecified atom stereocenters. The Morgan fingerprint density at radius 3 is 2.96 bits per heavy atom. The fraction of sp³-hybridized carbons (Fsp3) is 0.417. The summed E-state index contributed by atoms with van der Waals surface area (Å²) in [5.41, 5.74) is 9.14. The van der Waals surface area contributed by atoms with Gasteiger partial charge >= 0.3 is 6.01 Å².